The van der Waals surface area contributed by atoms with E-state index in [9.17, 15) is 0 Å². The Balaban J connectivity index is 2.07. The second kappa shape index (κ2) is 4.55. The van der Waals surface area contributed by atoms with E-state index in [1.165, 1.54) is 5.56 Å². The van der Waals surface area contributed by atoms with Gasteiger partial charge in [-0.05, 0) is 28.8 Å². The molecule has 5 heteroatoms. The third kappa shape index (κ3) is 2.43. The molecule has 0 spiro atoms. The molecule has 15 heavy (non-hydrogen) atoms. The fourth-order valence-corrected chi connectivity index (χ4v) is 1.90. The smallest absolute Gasteiger partial charge is 0.233 e. The highest BCUT2D eigenvalue weighted by molar-refractivity contribution is 7.07. The third-order valence-electron chi connectivity index (χ3n) is 2.17. The van der Waals surface area contributed by atoms with Gasteiger partial charge >= 0.3 is 0 Å². The Morgan fingerprint density at radius 2 is 2.40 bits per heavy atom. The van der Waals surface area contributed by atoms with Gasteiger partial charge in [0, 0.05) is 0 Å². The van der Waals surface area contributed by atoms with E-state index in [0.29, 0.717) is 18.2 Å². The topological polar surface area (TPSA) is 64.9 Å². The summed E-state index contributed by atoms with van der Waals surface area (Å²) in [5, 5.41) is 12.0. The number of thiophene rings is 1. The molecule has 2 heterocycles. The average molecular weight is 223 g/mol. The summed E-state index contributed by atoms with van der Waals surface area (Å²) in [5.74, 6) is 1.16. The van der Waals surface area contributed by atoms with Crippen LogP contribution in [0.25, 0.3) is 0 Å². The zero-order valence-corrected chi connectivity index (χ0v) is 9.33. The highest BCUT2D eigenvalue weighted by Crippen LogP contribution is 2.15. The van der Waals surface area contributed by atoms with Gasteiger partial charge in [-0.3, -0.25) is 0 Å². The Morgan fingerprint density at radius 3 is 3.07 bits per heavy atom. The molecule has 80 valence electrons. The van der Waals surface area contributed by atoms with Crippen molar-refractivity contribution in [3.05, 3.63) is 34.2 Å². The normalized spacial score (nSPS) is 12.9. The fraction of sp³-hybridized carbons (Fsp3) is 0.400. The van der Waals surface area contributed by atoms with E-state index in [-0.39, 0.29) is 6.04 Å². The zero-order valence-electron chi connectivity index (χ0n) is 8.51. The molecule has 0 bridgehead atoms. The second-order valence-corrected chi connectivity index (χ2v) is 4.14. The SMILES string of the molecule is CCC(N)c1nnc(Cc2ccsc2)o1. The molecule has 0 amide bonds. The Labute approximate surface area is 92.1 Å². The molecule has 2 N–H and O–H groups in total. The van der Waals surface area contributed by atoms with E-state index in [1.807, 2.05) is 18.4 Å². The molecular weight excluding hydrogens is 210 g/mol. The van der Waals surface area contributed by atoms with Gasteiger partial charge < -0.3 is 10.2 Å². The minimum atomic E-state index is -0.145. The van der Waals surface area contributed by atoms with Crippen LogP contribution in [0.5, 0.6) is 0 Å². The number of rotatable bonds is 4. The quantitative estimate of drug-likeness (QED) is 0.862. The molecule has 0 fully saturated rings. The van der Waals surface area contributed by atoms with Gasteiger partial charge in [-0.1, -0.05) is 6.92 Å². The van der Waals surface area contributed by atoms with Crippen molar-refractivity contribution in [3.8, 4) is 0 Å². The van der Waals surface area contributed by atoms with Gasteiger partial charge in [-0.25, -0.2) is 0 Å². The number of hydrogen-bond acceptors (Lipinski definition) is 5. The predicted molar refractivity (Wildman–Crippen MR) is 58.6 cm³/mol. The molecule has 0 saturated carbocycles. The molecule has 2 aromatic rings. The van der Waals surface area contributed by atoms with Crippen molar-refractivity contribution in [1.82, 2.24) is 10.2 Å². The van der Waals surface area contributed by atoms with Gasteiger partial charge in [0.1, 0.15) is 0 Å². The summed E-state index contributed by atoms with van der Waals surface area (Å²) in [6.07, 6.45) is 1.49. The van der Waals surface area contributed by atoms with Crippen LogP contribution in [0.3, 0.4) is 0 Å². The fourth-order valence-electron chi connectivity index (χ4n) is 1.23. The largest absolute Gasteiger partial charge is 0.423 e. The van der Waals surface area contributed by atoms with E-state index in [2.05, 4.69) is 15.6 Å². The van der Waals surface area contributed by atoms with E-state index in [4.69, 9.17) is 10.2 Å². The maximum atomic E-state index is 5.79. The Morgan fingerprint density at radius 1 is 1.53 bits per heavy atom. The van der Waals surface area contributed by atoms with Crippen molar-refractivity contribution in [3.63, 3.8) is 0 Å². The molecule has 2 rings (SSSR count). The maximum Gasteiger partial charge on any atom is 0.233 e. The van der Waals surface area contributed by atoms with Crippen LogP contribution >= 0.6 is 11.3 Å². The lowest BCUT2D eigenvalue weighted by atomic mass is 10.2. The first kappa shape index (κ1) is 10.3. The van der Waals surface area contributed by atoms with Gasteiger partial charge in [0.05, 0.1) is 12.5 Å². The van der Waals surface area contributed by atoms with Crippen LogP contribution in [-0.2, 0) is 6.42 Å². The van der Waals surface area contributed by atoms with Crippen molar-refractivity contribution in [1.29, 1.82) is 0 Å². The summed E-state index contributed by atoms with van der Waals surface area (Å²) < 4.78 is 5.47. The minimum Gasteiger partial charge on any atom is -0.423 e. The van der Waals surface area contributed by atoms with Crippen LogP contribution < -0.4 is 5.73 Å². The van der Waals surface area contributed by atoms with Crippen molar-refractivity contribution in [2.75, 3.05) is 0 Å². The van der Waals surface area contributed by atoms with Crippen molar-refractivity contribution >= 4 is 11.3 Å². The summed E-state index contributed by atoms with van der Waals surface area (Å²) >= 11 is 1.66. The lowest BCUT2D eigenvalue weighted by Crippen LogP contribution is -2.08. The summed E-state index contributed by atoms with van der Waals surface area (Å²) in [4.78, 5) is 0. The second-order valence-electron chi connectivity index (χ2n) is 3.36. The lowest BCUT2D eigenvalue weighted by Gasteiger charge is -1.99. The third-order valence-corrected chi connectivity index (χ3v) is 2.91. The molecule has 1 unspecified atom stereocenters. The molecular formula is C10H13N3OS. The maximum absolute atomic E-state index is 5.79. The number of nitrogens with zero attached hydrogens (tertiary/aromatic N) is 2. The monoisotopic (exact) mass is 223 g/mol. The average Bonchev–Trinajstić information content (AvgIpc) is 2.88. The highest BCUT2D eigenvalue weighted by atomic mass is 32.1. The number of nitrogens with two attached hydrogens (primary N) is 1. The molecule has 2 aromatic heterocycles. The molecule has 0 radical (unpaired) electrons. The van der Waals surface area contributed by atoms with Crippen LogP contribution in [0, 0.1) is 0 Å². The van der Waals surface area contributed by atoms with Crippen LogP contribution in [0.15, 0.2) is 21.2 Å². The summed E-state index contributed by atoms with van der Waals surface area (Å²) in [6.45, 7) is 1.99. The molecule has 1 atom stereocenters. The predicted octanol–water partition coefficient (Wildman–Crippen LogP) is 2.13. The molecule has 0 aromatic carbocycles. The molecule has 0 aliphatic carbocycles. The van der Waals surface area contributed by atoms with E-state index < -0.39 is 0 Å². The van der Waals surface area contributed by atoms with Crippen molar-refractivity contribution in [2.24, 2.45) is 5.73 Å². The number of aromatic nitrogens is 2. The van der Waals surface area contributed by atoms with Crippen LogP contribution in [0.2, 0.25) is 0 Å². The molecule has 0 aliphatic heterocycles. The Kier molecular flexibility index (Phi) is 3.13. The standard InChI is InChI=1S/C10H13N3OS/c1-2-8(11)10-13-12-9(14-10)5-7-3-4-15-6-7/h3-4,6,8H,2,5,11H2,1H3. The van der Waals surface area contributed by atoms with Gasteiger partial charge in [0.2, 0.25) is 11.8 Å². The van der Waals surface area contributed by atoms with E-state index in [1.54, 1.807) is 11.3 Å². The van der Waals surface area contributed by atoms with E-state index >= 15 is 0 Å². The molecule has 0 saturated heterocycles. The van der Waals surface area contributed by atoms with Crippen LogP contribution in [-0.4, -0.2) is 10.2 Å². The van der Waals surface area contributed by atoms with Crippen molar-refractivity contribution < 1.29 is 4.42 Å². The molecule has 0 aliphatic rings. The Bertz CT molecular complexity index is 410. The first-order chi connectivity index (χ1) is 7.29. The van der Waals surface area contributed by atoms with Gasteiger partial charge in [0.25, 0.3) is 0 Å². The van der Waals surface area contributed by atoms with E-state index in [0.717, 1.165) is 6.42 Å². The minimum absolute atomic E-state index is 0.145. The lowest BCUT2D eigenvalue weighted by molar-refractivity contribution is 0.418. The summed E-state index contributed by atoms with van der Waals surface area (Å²) in [6, 6.07) is 1.91. The number of hydrogen-bond donors (Lipinski definition) is 1. The zero-order chi connectivity index (χ0) is 10.7. The molecule has 4 nitrogen and oxygen atoms in total. The van der Waals surface area contributed by atoms with Gasteiger partial charge in [-0.15, -0.1) is 10.2 Å². The van der Waals surface area contributed by atoms with Crippen LogP contribution in [0.4, 0.5) is 0 Å². The first-order valence-corrected chi connectivity index (χ1v) is 5.82. The Hall–Kier alpha value is -1.20. The van der Waals surface area contributed by atoms with Crippen LogP contribution in [0.1, 0.15) is 36.7 Å². The van der Waals surface area contributed by atoms with Crippen molar-refractivity contribution in [2.45, 2.75) is 25.8 Å². The van der Waals surface area contributed by atoms with Gasteiger partial charge in [-0.2, -0.15) is 11.3 Å². The van der Waals surface area contributed by atoms with Gasteiger partial charge in [0.15, 0.2) is 0 Å². The first-order valence-electron chi connectivity index (χ1n) is 4.88. The summed E-state index contributed by atoms with van der Waals surface area (Å²) in [7, 11) is 0. The highest BCUT2D eigenvalue weighted by Gasteiger charge is 2.12. The summed E-state index contributed by atoms with van der Waals surface area (Å²) in [5.41, 5.74) is 6.98.